The summed E-state index contributed by atoms with van der Waals surface area (Å²) in [6.45, 7) is 0.545. The monoisotopic (exact) mass is 275 g/mol. The Morgan fingerprint density at radius 3 is 2.75 bits per heavy atom. The molecule has 2 rings (SSSR count). The number of hydrogen-bond donors (Lipinski definition) is 0. The molecule has 0 spiro atoms. The molecule has 20 heavy (non-hydrogen) atoms. The molecule has 1 aromatic rings. The highest BCUT2D eigenvalue weighted by Gasteiger charge is 2.22. The maximum absolute atomic E-state index is 8.96. The Morgan fingerprint density at radius 2 is 2.05 bits per heavy atom. The number of ether oxygens (including phenoxy) is 3. The van der Waals surface area contributed by atoms with E-state index in [9.17, 15) is 0 Å². The van der Waals surface area contributed by atoms with Crippen LogP contribution in [0.1, 0.15) is 36.8 Å². The molecule has 108 valence electrons. The van der Waals surface area contributed by atoms with Gasteiger partial charge in [-0.3, -0.25) is 0 Å². The van der Waals surface area contributed by atoms with Crippen LogP contribution in [0.2, 0.25) is 0 Å². The van der Waals surface area contributed by atoms with Gasteiger partial charge in [0, 0.05) is 7.11 Å². The highest BCUT2D eigenvalue weighted by atomic mass is 16.5. The summed E-state index contributed by atoms with van der Waals surface area (Å²) >= 11 is 0. The van der Waals surface area contributed by atoms with Crippen molar-refractivity contribution in [1.82, 2.24) is 0 Å². The Bertz CT molecular complexity index is 481. The lowest BCUT2D eigenvalue weighted by Crippen LogP contribution is -2.27. The number of methoxy groups -OCH3 is 2. The molecule has 2 unspecified atom stereocenters. The lowest BCUT2D eigenvalue weighted by atomic mass is 9.95. The first-order valence-electron chi connectivity index (χ1n) is 6.98. The second-order valence-corrected chi connectivity index (χ2v) is 5.10. The van der Waals surface area contributed by atoms with Gasteiger partial charge in [-0.25, -0.2) is 0 Å². The van der Waals surface area contributed by atoms with E-state index in [-0.39, 0.29) is 6.10 Å². The minimum Gasteiger partial charge on any atom is -0.495 e. The van der Waals surface area contributed by atoms with Crippen molar-refractivity contribution in [1.29, 1.82) is 5.26 Å². The summed E-state index contributed by atoms with van der Waals surface area (Å²) in [6, 6.07) is 7.67. The molecular weight excluding hydrogens is 254 g/mol. The van der Waals surface area contributed by atoms with Crippen molar-refractivity contribution >= 4 is 0 Å². The van der Waals surface area contributed by atoms with Crippen LogP contribution in [0.4, 0.5) is 0 Å². The van der Waals surface area contributed by atoms with Crippen molar-refractivity contribution < 1.29 is 14.2 Å². The van der Waals surface area contributed by atoms with Crippen LogP contribution in [0, 0.1) is 11.3 Å². The summed E-state index contributed by atoms with van der Waals surface area (Å²) in [4.78, 5) is 0. The number of benzene rings is 1. The van der Waals surface area contributed by atoms with Crippen LogP contribution in [-0.2, 0) is 16.1 Å². The van der Waals surface area contributed by atoms with Crippen LogP contribution >= 0.6 is 0 Å². The average Bonchev–Trinajstić information content (AvgIpc) is 2.52. The van der Waals surface area contributed by atoms with E-state index in [0.29, 0.717) is 24.0 Å². The van der Waals surface area contributed by atoms with E-state index in [1.165, 1.54) is 0 Å². The zero-order chi connectivity index (χ0) is 14.4. The molecule has 0 aliphatic heterocycles. The smallest absolute Gasteiger partial charge is 0.136 e. The number of rotatable bonds is 5. The molecule has 0 bridgehead atoms. The van der Waals surface area contributed by atoms with E-state index in [1.807, 2.05) is 12.1 Å². The Kier molecular flexibility index (Phi) is 5.40. The van der Waals surface area contributed by atoms with Gasteiger partial charge in [0.25, 0.3) is 0 Å². The van der Waals surface area contributed by atoms with Gasteiger partial charge >= 0.3 is 0 Å². The van der Waals surface area contributed by atoms with Crippen molar-refractivity contribution in [2.24, 2.45) is 0 Å². The molecule has 4 heteroatoms. The summed E-state index contributed by atoms with van der Waals surface area (Å²) in [5, 5.41) is 8.96. The second kappa shape index (κ2) is 7.28. The molecule has 0 heterocycles. The van der Waals surface area contributed by atoms with Gasteiger partial charge in [-0.05, 0) is 43.4 Å². The lowest BCUT2D eigenvalue weighted by molar-refractivity contribution is -0.0363. The SMILES string of the molecule is COc1cc(COC2CCCC(OC)C2)ccc1C#N. The molecule has 0 aromatic heterocycles. The van der Waals surface area contributed by atoms with E-state index in [4.69, 9.17) is 19.5 Å². The molecule has 0 radical (unpaired) electrons. The molecule has 4 nitrogen and oxygen atoms in total. The molecule has 0 N–H and O–H groups in total. The highest BCUT2D eigenvalue weighted by Crippen LogP contribution is 2.25. The first kappa shape index (κ1) is 14.8. The van der Waals surface area contributed by atoms with Gasteiger partial charge in [-0.15, -0.1) is 0 Å². The zero-order valence-corrected chi connectivity index (χ0v) is 12.1. The maximum atomic E-state index is 8.96. The van der Waals surface area contributed by atoms with E-state index < -0.39 is 0 Å². The van der Waals surface area contributed by atoms with Gasteiger partial charge in [0.2, 0.25) is 0 Å². The quantitative estimate of drug-likeness (QED) is 0.828. The molecule has 0 saturated heterocycles. The van der Waals surface area contributed by atoms with Crippen molar-refractivity contribution in [3.8, 4) is 11.8 Å². The minimum atomic E-state index is 0.260. The molecule has 1 fully saturated rings. The molecule has 1 aliphatic rings. The third-order valence-corrected chi connectivity index (χ3v) is 3.78. The minimum absolute atomic E-state index is 0.260. The number of nitriles is 1. The van der Waals surface area contributed by atoms with Crippen molar-refractivity contribution in [3.63, 3.8) is 0 Å². The maximum Gasteiger partial charge on any atom is 0.136 e. The average molecular weight is 275 g/mol. The van der Waals surface area contributed by atoms with E-state index in [2.05, 4.69) is 6.07 Å². The van der Waals surface area contributed by atoms with Crippen LogP contribution in [0.5, 0.6) is 5.75 Å². The highest BCUT2D eigenvalue weighted by molar-refractivity contribution is 5.45. The van der Waals surface area contributed by atoms with E-state index >= 15 is 0 Å². The van der Waals surface area contributed by atoms with Gasteiger partial charge < -0.3 is 14.2 Å². The Labute approximate surface area is 120 Å². The van der Waals surface area contributed by atoms with Gasteiger partial charge in [-0.2, -0.15) is 5.26 Å². The first-order valence-corrected chi connectivity index (χ1v) is 6.98. The second-order valence-electron chi connectivity index (χ2n) is 5.10. The first-order chi connectivity index (χ1) is 9.76. The molecule has 1 saturated carbocycles. The fraction of sp³-hybridized carbons (Fsp3) is 0.562. The predicted octanol–water partition coefficient (Wildman–Crippen LogP) is 3.04. The zero-order valence-electron chi connectivity index (χ0n) is 12.1. The molecule has 2 atom stereocenters. The van der Waals surface area contributed by atoms with Gasteiger partial charge in [0.15, 0.2) is 0 Å². The fourth-order valence-corrected chi connectivity index (χ4v) is 2.60. The Balaban J connectivity index is 1.92. The van der Waals surface area contributed by atoms with E-state index in [1.54, 1.807) is 20.3 Å². The lowest BCUT2D eigenvalue weighted by Gasteiger charge is -2.28. The predicted molar refractivity (Wildman–Crippen MR) is 75.6 cm³/mol. The third kappa shape index (κ3) is 3.72. The summed E-state index contributed by atoms with van der Waals surface area (Å²) < 4.78 is 16.6. The van der Waals surface area contributed by atoms with Gasteiger partial charge in [0.1, 0.15) is 11.8 Å². The normalized spacial score (nSPS) is 22.2. The standard InChI is InChI=1S/C16H21NO3/c1-18-14-4-3-5-15(9-14)20-11-12-6-7-13(10-17)16(8-12)19-2/h6-8,14-15H,3-5,9,11H2,1-2H3. The Morgan fingerprint density at radius 1 is 1.25 bits per heavy atom. The summed E-state index contributed by atoms with van der Waals surface area (Å²) in [6.07, 6.45) is 4.91. The van der Waals surface area contributed by atoms with Gasteiger partial charge in [-0.1, -0.05) is 6.07 Å². The molecule has 1 aromatic carbocycles. The molecular formula is C16H21NO3. The van der Waals surface area contributed by atoms with Crippen LogP contribution in [0.3, 0.4) is 0 Å². The van der Waals surface area contributed by atoms with Crippen LogP contribution < -0.4 is 4.74 Å². The number of nitrogens with zero attached hydrogens (tertiary/aromatic N) is 1. The summed E-state index contributed by atoms with van der Waals surface area (Å²) in [7, 11) is 3.34. The van der Waals surface area contributed by atoms with Crippen LogP contribution in [0.25, 0.3) is 0 Å². The van der Waals surface area contributed by atoms with Crippen LogP contribution in [-0.4, -0.2) is 26.4 Å². The summed E-state index contributed by atoms with van der Waals surface area (Å²) in [5.74, 6) is 0.604. The van der Waals surface area contributed by atoms with Crippen molar-refractivity contribution in [3.05, 3.63) is 29.3 Å². The Hall–Kier alpha value is -1.57. The largest absolute Gasteiger partial charge is 0.495 e. The van der Waals surface area contributed by atoms with Crippen LogP contribution in [0.15, 0.2) is 18.2 Å². The molecule has 0 amide bonds. The van der Waals surface area contributed by atoms with Crippen molar-refractivity contribution in [2.75, 3.05) is 14.2 Å². The molecule has 1 aliphatic carbocycles. The third-order valence-electron chi connectivity index (χ3n) is 3.78. The van der Waals surface area contributed by atoms with Crippen molar-refractivity contribution in [2.45, 2.75) is 44.5 Å². The summed E-state index contributed by atoms with van der Waals surface area (Å²) in [5.41, 5.74) is 1.58. The topological polar surface area (TPSA) is 51.5 Å². The van der Waals surface area contributed by atoms with E-state index in [0.717, 1.165) is 31.2 Å². The van der Waals surface area contributed by atoms with Gasteiger partial charge in [0.05, 0.1) is 31.5 Å². The fourth-order valence-electron chi connectivity index (χ4n) is 2.60. The number of hydrogen-bond acceptors (Lipinski definition) is 4.